The predicted octanol–water partition coefficient (Wildman–Crippen LogP) is 2.95. The fourth-order valence-corrected chi connectivity index (χ4v) is 4.10. The molecule has 0 unspecified atom stereocenters. The minimum atomic E-state index is -0.113. The van der Waals surface area contributed by atoms with Gasteiger partial charge in [-0.15, -0.1) is 0 Å². The van der Waals surface area contributed by atoms with E-state index in [0.29, 0.717) is 12.5 Å². The van der Waals surface area contributed by atoms with E-state index in [1.165, 1.54) is 5.56 Å². The lowest BCUT2D eigenvalue weighted by atomic mass is 9.69. The maximum Gasteiger partial charge on any atom is 0.161 e. The van der Waals surface area contributed by atoms with Crippen LogP contribution in [0.2, 0.25) is 0 Å². The molecule has 0 radical (unpaired) electrons. The van der Waals surface area contributed by atoms with Gasteiger partial charge in [0, 0.05) is 23.9 Å². The summed E-state index contributed by atoms with van der Waals surface area (Å²) in [4.78, 5) is 14.5. The van der Waals surface area contributed by atoms with Crippen LogP contribution >= 0.6 is 0 Å². The molecule has 1 aromatic rings. The minimum Gasteiger partial charge on any atom is -0.493 e. The first kappa shape index (κ1) is 16.1. The van der Waals surface area contributed by atoms with E-state index >= 15 is 0 Å². The Morgan fingerprint density at radius 1 is 1.22 bits per heavy atom. The number of methoxy groups -OCH3 is 2. The summed E-state index contributed by atoms with van der Waals surface area (Å²) in [6, 6.07) is 6.79. The van der Waals surface area contributed by atoms with Gasteiger partial charge in [0.05, 0.1) is 14.2 Å². The van der Waals surface area contributed by atoms with Gasteiger partial charge in [-0.2, -0.15) is 0 Å². The molecule has 1 fully saturated rings. The first-order chi connectivity index (χ1) is 11.0. The third-order valence-corrected chi connectivity index (χ3v) is 5.32. The Balaban J connectivity index is 2.08. The zero-order chi connectivity index (χ0) is 16.6. The van der Waals surface area contributed by atoms with Crippen molar-refractivity contribution in [3.63, 3.8) is 0 Å². The number of hydrogen-bond donors (Lipinski definition) is 0. The van der Waals surface area contributed by atoms with Gasteiger partial charge in [-0.05, 0) is 50.6 Å². The minimum absolute atomic E-state index is 0.113. The standard InChI is InChI=1S/C19H25NO3/c1-13(2)20-10-9-19(8-7-15(21)12-18(19)20)14-5-6-16(22-3)17(11-14)23-4/h5-8,11,13,18H,9-10,12H2,1-4H3/t18-,19-/m0/s1. The number of likely N-dealkylation sites (tertiary alicyclic amines) is 1. The molecule has 2 aliphatic rings. The number of allylic oxidation sites excluding steroid dienone is 1. The van der Waals surface area contributed by atoms with E-state index in [9.17, 15) is 4.79 Å². The lowest BCUT2D eigenvalue weighted by Gasteiger charge is -2.40. The van der Waals surface area contributed by atoms with Crippen molar-refractivity contribution in [1.82, 2.24) is 4.90 Å². The molecule has 1 saturated heterocycles. The van der Waals surface area contributed by atoms with Crippen LogP contribution in [0.3, 0.4) is 0 Å². The molecule has 1 aromatic carbocycles. The SMILES string of the molecule is COc1ccc([C@@]23C=CC(=O)C[C@@H]2N(C(C)C)CC3)cc1OC. The molecule has 2 atom stereocenters. The third kappa shape index (κ3) is 2.55. The quantitative estimate of drug-likeness (QED) is 0.856. The molecule has 0 aromatic heterocycles. The summed E-state index contributed by atoms with van der Waals surface area (Å²) in [6.07, 6.45) is 5.49. The van der Waals surface area contributed by atoms with Crippen molar-refractivity contribution < 1.29 is 14.3 Å². The van der Waals surface area contributed by atoms with Gasteiger partial charge >= 0.3 is 0 Å². The number of hydrogen-bond acceptors (Lipinski definition) is 4. The van der Waals surface area contributed by atoms with Crippen LogP contribution in [-0.4, -0.2) is 43.5 Å². The average Bonchev–Trinajstić information content (AvgIpc) is 2.94. The molecule has 4 nitrogen and oxygen atoms in total. The molecule has 124 valence electrons. The molecule has 4 heteroatoms. The zero-order valence-corrected chi connectivity index (χ0v) is 14.3. The zero-order valence-electron chi connectivity index (χ0n) is 14.3. The third-order valence-electron chi connectivity index (χ3n) is 5.32. The number of carbonyl (C=O) groups excluding carboxylic acids is 1. The second-order valence-corrected chi connectivity index (χ2v) is 6.71. The van der Waals surface area contributed by atoms with Gasteiger partial charge in [0.15, 0.2) is 17.3 Å². The van der Waals surface area contributed by atoms with Crippen LogP contribution in [0.1, 0.15) is 32.3 Å². The largest absolute Gasteiger partial charge is 0.493 e. The number of nitrogens with zero attached hydrogens (tertiary/aromatic N) is 1. The molecule has 0 N–H and O–H groups in total. The smallest absolute Gasteiger partial charge is 0.161 e. The van der Waals surface area contributed by atoms with Crippen LogP contribution in [0.5, 0.6) is 11.5 Å². The lowest BCUT2D eigenvalue weighted by Crippen LogP contribution is -2.47. The summed E-state index contributed by atoms with van der Waals surface area (Å²) in [6.45, 7) is 5.41. The summed E-state index contributed by atoms with van der Waals surface area (Å²) in [5.41, 5.74) is 1.09. The van der Waals surface area contributed by atoms with E-state index in [4.69, 9.17) is 9.47 Å². The second-order valence-electron chi connectivity index (χ2n) is 6.71. The topological polar surface area (TPSA) is 38.8 Å². The maximum atomic E-state index is 12.0. The fraction of sp³-hybridized carbons (Fsp3) is 0.526. The van der Waals surface area contributed by atoms with Crippen LogP contribution in [-0.2, 0) is 10.2 Å². The molecule has 0 bridgehead atoms. The van der Waals surface area contributed by atoms with Gasteiger partial charge in [0.25, 0.3) is 0 Å². The Hall–Kier alpha value is -1.81. The lowest BCUT2D eigenvalue weighted by molar-refractivity contribution is -0.116. The number of rotatable bonds is 4. The van der Waals surface area contributed by atoms with Crippen molar-refractivity contribution in [3.05, 3.63) is 35.9 Å². The molecular formula is C19H25NO3. The molecule has 1 aliphatic carbocycles. The van der Waals surface area contributed by atoms with Gasteiger partial charge in [0.2, 0.25) is 0 Å². The van der Waals surface area contributed by atoms with Crippen molar-refractivity contribution in [2.24, 2.45) is 0 Å². The Kier molecular flexibility index (Phi) is 4.19. The molecule has 23 heavy (non-hydrogen) atoms. The van der Waals surface area contributed by atoms with Crippen molar-refractivity contribution in [3.8, 4) is 11.5 Å². The van der Waals surface area contributed by atoms with Crippen molar-refractivity contribution >= 4 is 5.78 Å². The van der Waals surface area contributed by atoms with E-state index < -0.39 is 0 Å². The van der Waals surface area contributed by atoms with Crippen LogP contribution in [0.4, 0.5) is 0 Å². The van der Waals surface area contributed by atoms with E-state index in [0.717, 1.165) is 24.5 Å². The normalized spacial score (nSPS) is 27.3. The van der Waals surface area contributed by atoms with E-state index in [-0.39, 0.29) is 17.2 Å². The molecule has 0 spiro atoms. The van der Waals surface area contributed by atoms with E-state index in [1.54, 1.807) is 20.3 Å². The first-order valence-corrected chi connectivity index (χ1v) is 8.22. The predicted molar refractivity (Wildman–Crippen MR) is 90.2 cm³/mol. The van der Waals surface area contributed by atoms with Crippen molar-refractivity contribution in [1.29, 1.82) is 0 Å². The number of ether oxygens (including phenoxy) is 2. The highest BCUT2D eigenvalue weighted by Crippen LogP contribution is 2.47. The highest BCUT2D eigenvalue weighted by molar-refractivity contribution is 5.92. The first-order valence-electron chi connectivity index (χ1n) is 8.22. The Labute approximate surface area is 138 Å². The molecule has 0 saturated carbocycles. The number of benzene rings is 1. The maximum absolute atomic E-state index is 12.0. The molecule has 3 rings (SSSR count). The number of fused-ring (bicyclic) bond motifs is 1. The molecule has 1 heterocycles. The van der Waals surface area contributed by atoms with Crippen molar-refractivity contribution in [2.75, 3.05) is 20.8 Å². The molecular weight excluding hydrogens is 290 g/mol. The fourth-order valence-electron chi connectivity index (χ4n) is 4.10. The number of carbonyl (C=O) groups is 1. The second kappa shape index (κ2) is 6.00. The Bertz CT molecular complexity index is 638. The highest BCUT2D eigenvalue weighted by Gasteiger charge is 2.49. The van der Waals surface area contributed by atoms with Crippen LogP contribution < -0.4 is 9.47 Å². The average molecular weight is 315 g/mol. The summed E-state index contributed by atoms with van der Waals surface area (Å²) >= 11 is 0. The Morgan fingerprint density at radius 2 is 1.96 bits per heavy atom. The van der Waals surface area contributed by atoms with Gasteiger partial charge in [0.1, 0.15) is 0 Å². The highest BCUT2D eigenvalue weighted by atomic mass is 16.5. The summed E-state index contributed by atoms with van der Waals surface area (Å²) in [5.74, 6) is 1.70. The van der Waals surface area contributed by atoms with E-state index in [2.05, 4.69) is 37.0 Å². The summed E-state index contributed by atoms with van der Waals surface area (Å²) < 4.78 is 10.8. The summed E-state index contributed by atoms with van der Waals surface area (Å²) in [5, 5.41) is 0. The Morgan fingerprint density at radius 3 is 2.61 bits per heavy atom. The summed E-state index contributed by atoms with van der Waals surface area (Å²) in [7, 11) is 3.31. The van der Waals surface area contributed by atoms with Gasteiger partial charge < -0.3 is 9.47 Å². The van der Waals surface area contributed by atoms with Gasteiger partial charge in [-0.3, -0.25) is 9.69 Å². The molecule has 0 amide bonds. The number of ketones is 1. The van der Waals surface area contributed by atoms with Crippen LogP contribution in [0, 0.1) is 0 Å². The van der Waals surface area contributed by atoms with Crippen LogP contribution in [0.25, 0.3) is 0 Å². The molecule has 1 aliphatic heterocycles. The van der Waals surface area contributed by atoms with Gasteiger partial charge in [-0.25, -0.2) is 0 Å². The van der Waals surface area contributed by atoms with Crippen molar-refractivity contribution in [2.45, 2.75) is 44.2 Å². The van der Waals surface area contributed by atoms with Gasteiger partial charge in [-0.1, -0.05) is 12.1 Å². The monoisotopic (exact) mass is 315 g/mol. The van der Waals surface area contributed by atoms with Crippen LogP contribution in [0.15, 0.2) is 30.4 Å². The van der Waals surface area contributed by atoms with E-state index in [1.807, 2.05) is 6.07 Å².